The zero-order valence-corrected chi connectivity index (χ0v) is 26.2. The summed E-state index contributed by atoms with van der Waals surface area (Å²) in [5, 5.41) is 4.87. The molecule has 3 heterocycles. The molecule has 7 nitrogen and oxygen atoms in total. The van der Waals surface area contributed by atoms with E-state index in [-0.39, 0.29) is 10.8 Å². The molecule has 4 aromatic rings. The summed E-state index contributed by atoms with van der Waals surface area (Å²) in [5.74, 6) is 0.383. The summed E-state index contributed by atoms with van der Waals surface area (Å²) in [6.45, 7) is 3.70. The number of thiocarbonyl (C=S) groups is 1. The number of hydrogen-bond acceptors (Lipinski definition) is 6. The van der Waals surface area contributed by atoms with E-state index in [1.165, 1.54) is 11.8 Å². The van der Waals surface area contributed by atoms with E-state index in [2.05, 4.69) is 6.92 Å². The molecule has 220 valence electrons. The number of rotatable bonds is 8. The first-order valence-corrected chi connectivity index (χ1v) is 17.0. The van der Waals surface area contributed by atoms with Crippen LogP contribution in [-0.2, 0) is 21.2 Å². The monoisotopic (exact) mass is 628 g/mol. The highest BCUT2D eigenvalue weighted by molar-refractivity contribution is 8.26. The molecule has 0 bridgehead atoms. The van der Waals surface area contributed by atoms with Gasteiger partial charge in [-0.2, -0.15) is 9.40 Å². The fourth-order valence-corrected chi connectivity index (χ4v) is 8.14. The van der Waals surface area contributed by atoms with Gasteiger partial charge in [0, 0.05) is 37.0 Å². The van der Waals surface area contributed by atoms with E-state index >= 15 is 0 Å². The van der Waals surface area contributed by atoms with E-state index in [0.29, 0.717) is 58.0 Å². The molecule has 0 spiro atoms. The number of sulfonamides is 1. The maximum atomic E-state index is 13.6. The maximum absolute atomic E-state index is 13.6. The number of aromatic nitrogens is 2. The first-order valence-electron chi connectivity index (χ1n) is 14.3. The fraction of sp³-hybridized carbons (Fsp3) is 0.242. The molecule has 0 saturated carbocycles. The minimum atomic E-state index is -3.65. The minimum Gasteiger partial charge on any atom is -0.293 e. The number of para-hydroxylation sites is 1. The minimum absolute atomic E-state index is 0.139. The number of piperidine rings is 1. The molecule has 1 amide bonds. The zero-order chi connectivity index (χ0) is 30.0. The summed E-state index contributed by atoms with van der Waals surface area (Å²) < 4.78 is 31.0. The van der Waals surface area contributed by atoms with Crippen LogP contribution in [0.3, 0.4) is 0 Å². The van der Waals surface area contributed by atoms with E-state index in [0.717, 1.165) is 24.1 Å². The van der Waals surface area contributed by atoms with Crippen LogP contribution in [-0.4, -0.2) is 57.3 Å². The average Bonchev–Trinajstić information content (AvgIpc) is 3.57. The van der Waals surface area contributed by atoms with Crippen molar-refractivity contribution in [2.75, 3.05) is 19.6 Å². The number of carbonyl (C=O) groups is 1. The quantitative estimate of drug-likeness (QED) is 0.166. The molecule has 0 N–H and O–H groups in total. The Morgan fingerprint density at radius 2 is 1.67 bits per heavy atom. The first-order chi connectivity index (χ1) is 20.8. The third-order valence-electron chi connectivity index (χ3n) is 7.88. The molecule has 2 aliphatic heterocycles. The Morgan fingerprint density at radius 3 is 2.40 bits per heavy atom. The van der Waals surface area contributed by atoms with Crippen molar-refractivity contribution < 1.29 is 13.2 Å². The van der Waals surface area contributed by atoms with Gasteiger partial charge in [-0.3, -0.25) is 9.69 Å². The van der Waals surface area contributed by atoms with Gasteiger partial charge in [0.25, 0.3) is 5.91 Å². The average molecular weight is 629 g/mol. The van der Waals surface area contributed by atoms with Gasteiger partial charge in [-0.05, 0) is 61.1 Å². The van der Waals surface area contributed by atoms with Crippen molar-refractivity contribution in [3.63, 3.8) is 0 Å². The van der Waals surface area contributed by atoms with Crippen LogP contribution in [0.25, 0.3) is 23.0 Å². The Hall–Kier alpha value is -3.57. The predicted octanol–water partition coefficient (Wildman–Crippen LogP) is 6.40. The normalized spacial score (nSPS) is 17.7. The highest BCUT2D eigenvalue weighted by atomic mass is 32.2. The Labute approximate surface area is 262 Å². The van der Waals surface area contributed by atoms with E-state index < -0.39 is 10.0 Å². The molecule has 0 aliphatic carbocycles. The van der Waals surface area contributed by atoms with Gasteiger partial charge in [-0.1, -0.05) is 91.6 Å². The second-order valence-electron chi connectivity index (χ2n) is 10.9. The Balaban J connectivity index is 1.34. The van der Waals surface area contributed by atoms with Crippen LogP contribution in [0.5, 0.6) is 0 Å². The molecule has 3 aromatic carbocycles. The SMILES string of the molecule is CC1CCN(S(=O)(=O)c2cccc(-c3nn(-c4ccccc4)cc3/C=C3\SC(=S)N(CCc4ccccc4)C3=O)c2)CC1. The molecule has 0 unspecified atom stereocenters. The number of carbonyl (C=O) groups excluding carboxylic acids is 1. The largest absolute Gasteiger partial charge is 0.293 e. The van der Waals surface area contributed by atoms with Crippen LogP contribution in [0.1, 0.15) is 30.9 Å². The third kappa shape index (κ3) is 6.38. The van der Waals surface area contributed by atoms with Crippen molar-refractivity contribution in [2.45, 2.75) is 31.1 Å². The van der Waals surface area contributed by atoms with E-state index in [1.807, 2.05) is 79.0 Å². The van der Waals surface area contributed by atoms with Gasteiger partial charge in [-0.15, -0.1) is 0 Å². The lowest BCUT2D eigenvalue weighted by Gasteiger charge is -2.29. The Morgan fingerprint density at radius 1 is 0.977 bits per heavy atom. The van der Waals surface area contributed by atoms with Crippen LogP contribution in [0.4, 0.5) is 0 Å². The smallest absolute Gasteiger partial charge is 0.266 e. The molecule has 0 radical (unpaired) electrons. The maximum Gasteiger partial charge on any atom is 0.266 e. The van der Waals surface area contributed by atoms with Gasteiger partial charge in [-0.25, -0.2) is 13.1 Å². The molecular weight excluding hydrogens is 597 g/mol. The van der Waals surface area contributed by atoms with E-state index in [1.54, 1.807) is 32.1 Å². The topological polar surface area (TPSA) is 75.5 Å². The standard InChI is InChI=1S/C33H32N4O3S3/c1-24-15-18-35(19-16-24)43(39,40)29-14-8-11-26(21-29)31-27(23-37(34-31)28-12-6-3-7-13-28)22-30-32(38)36(33(41)42-30)20-17-25-9-4-2-5-10-25/h2-14,21-24H,15-20H2,1H3/b30-22-. The second kappa shape index (κ2) is 12.6. The molecule has 2 aliphatic rings. The fourth-order valence-electron chi connectivity index (χ4n) is 5.33. The molecule has 10 heteroatoms. The van der Waals surface area contributed by atoms with Crippen LogP contribution in [0.2, 0.25) is 0 Å². The molecule has 2 saturated heterocycles. The summed E-state index contributed by atoms with van der Waals surface area (Å²) in [4.78, 5) is 15.9. The van der Waals surface area contributed by atoms with Crippen molar-refractivity contribution in [1.29, 1.82) is 0 Å². The molecule has 43 heavy (non-hydrogen) atoms. The molecular formula is C33H32N4O3S3. The second-order valence-corrected chi connectivity index (χ2v) is 14.5. The van der Waals surface area contributed by atoms with Crippen molar-refractivity contribution in [2.24, 2.45) is 5.92 Å². The summed E-state index contributed by atoms with van der Waals surface area (Å²) >= 11 is 6.87. The van der Waals surface area contributed by atoms with Gasteiger partial charge < -0.3 is 0 Å². The molecule has 6 rings (SSSR count). The van der Waals surface area contributed by atoms with E-state index in [4.69, 9.17) is 17.3 Å². The van der Waals surface area contributed by atoms with Crippen molar-refractivity contribution in [3.8, 4) is 16.9 Å². The number of hydrogen-bond donors (Lipinski definition) is 0. The predicted molar refractivity (Wildman–Crippen MR) is 176 cm³/mol. The van der Waals surface area contributed by atoms with Crippen LogP contribution in [0.15, 0.2) is 101 Å². The lowest BCUT2D eigenvalue weighted by atomic mass is 10.0. The van der Waals surface area contributed by atoms with Crippen LogP contribution in [0, 0.1) is 5.92 Å². The highest BCUT2D eigenvalue weighted by Gasteiger charge is 2.32. The van der Waals surface area contributed by atoms with Crippen molar-refractivity contribution in [1.82, 2.24) is 19.0 Å². The number of benzene rings is 3. The van der Waals surface area contributed by atoms with Crippen molar-refractivity contribution >= 4 is 50.3 Å². The summed E-state index contributed by atoms with van der Waals surface area (Å²) in [5.41, 5.74) is 3.94. The van der Waals surface area contributed by atoms with Crippen LogP contribution >= 0.6 is 24.0 Å². The first kappa shape index (κ1) is 29.5. The Bertz CT molecular complexity index is 1780. The summed E-state index contributed by atoms with van der Waals surface area (Å²) in [7, 11) is -3.65. The lowest BCUT2D eigenvalue weighted by molar-refractivity contribution is -0.122. The van der Waals surface area contributed by atoms with Gasteiger partial charge >= 0.3 is 0 Å². The van der Waals surface area contributed by atoms with Gasteiger partial charge in [0.2, 0.25) is 10.0 Å². The lowest BCUT2D eigenvalue weighted by Crippen LogP contribution is -2.37. The molecule has 0 atom stereocenters. The summed E-state index contributed by atoms with van der Waals surface area (Å²) in [6.07, 6.45) is 6.10. The third-order valence-corrected chi connectivity index (χ3v) is 11.2. The highest BCUT2D eigenvalue weighted by Crippen LogP contribution is 2.36. The number of thioether (sulfide) groups is 1. The Kier molecular flexibility index (Phi) is 8.63. The summed E-state index contributed by atoms with van der Waals surface area (Å²) in [6, 6.07) is 26.7. The van der Waals surface area contributed by atoms with Gasteiger partial charge in [0.05, 0.1) is 15.5 Å². The molecule has 1 aromatic heterocycles. The number of nitrogens with zero attached hydrogens (tertiary/aromatic N) is 4. The number of amides is 1. The molecule has 2 fully saturated rings. The zero-order valence-electron chi connectivity index (χ0n) is 23.8. The van der Waals surface area contributed by atoms with E-state index in [9.17, 15) is 13.2 Å². The van der Waals surface area contributed by atoms with Crippen molar-refractivity contribution in [3.05, 3.63) is 107 Å². The van der Waals surface area contributed by atoms with Gasteiger partial charge in [0.15, 0.2) is 0 Å². The van der Waals surface area contributed by atoms with Gasteiger partial charge in [0.1, 0.15) is 10.0 Å². The van der Waals surface area contributed by atoms with Crippen LogP contribution < -0.4 is 0 Å².